The molecule has 3 rings (SSSR count). The minimum atomic E-state index is -0.829. The van der Waals surface area contributed by atoms with Crippen molar-refractivity contribution in [1.82, 2.24) is 15.5 Å². The second-order valence-electron chi connectivity index (χ2n) is 10.8. The first-order valence-electron chi connectivity index (χ1n) is 14.4. The van der Waals surface area contributed by atoms with Gasteiger partial charge in [-0.15, -0.1) is 0 Å². The van der Waals surface area contributed by atoms with Crippen molar-refractivity contribution < 1.29 is 24.0 Å². The topological polar surface area (TPSA) is 100 Å². The Morgan fingerprint density at radius 2 is 1.76 bits per heavy atom. The molecule has 1 aliphatic rings. The van der Waals surface area contributed by atoms with Crippen LogP contribution in [0.1, 0.15) is 55.5 Å². The molecule has 2 aromatic rings. The van der Waals surface area contributed by atoms with Crippen LogP contribution < -0.4 is 10.6 Å². The number of benzene rings is 2. The molecule has 1 fully saturated rings. The maximum Gasteiger partial charge on any atom is 0.480 e. The molecule has 0 unspecified atom stereocenters. The van der Waals surface area contributed by atoms with Gasteiger partial charge in [0.05, 0.1) is 11.5 Å². The van der Waals surface area contributed by atoms with Crippen molar-refractivity contribution in [3.05, 3.63) is 69.2 Å². The molecule has 0 bridgehead atoms. The summed E-state index contributed by atoms with van der Waals surface area (Å²) in [5.74, 6) is -0.805. The highest BCUT2D eigenvalue weighted by atomic mass is 79.9. The van der Waals surface area contributed by atoms with Gasteiger partial charge < -0.3 is 29.9 Å². The van der Waals surface area contributed by atoms with E-state index < -0.39 is 19.1 Å². The second-order valence-corrected chi connectivity index (χ2v) is 12.1. The van der Waals surface area contributed by atoms with Crippen LogP contribution in [-0.2, 0) is 20.5 Å². The highest BCUT2D eigenvalue weighted by Gasteiger charge is 2.35. The van der Waals surface area contributed by atoms with E-state index in [1.807, 2.05) is 30.3 Å². The van der Waals surface area contributed by atoms with Gasteiger partial charge in [0.2, 0.25) is 5.91 Å². The van der Waals surface area contributed by atoms with E-state index in [1.54, 1.807) is 18.2 Å². The van der Waals surface area contributed by atoms with Crippen molar-refractivity contribution in [2.45, 2.75) is 57.9 Å². The van der Waals surface area contributed by atoms with E-state index in [9.17, 15) is 14.7 Å². The van der Waals surface area contributed by atoms with Crippen molar-refractivity contribution >= 4 is 46.5 Å². The fraction of sp³-hybridized carbons (Fsp3) is 0.533. The second kappa shape index (κ2) is 17.9. The number of nitrogens with one attached hydrogen (secondary N) is 2. The van der Waals surface area contributed by atoms with Gasteiger partial charge in [0.1, 0.15) is 6.04 Å². The Balaban J connectivity index is 1.75. The minimum absolute atomic E-state index is 0.185. The summed E-state index contributed by atoms with van der Waals surface area (Å²) in [6.07, 6.45) is 3.39. The first-order valence-corrected chi connectivity index (χ1v) is 15.6. The lowest BCUT2D eigenvalue weighted by Gasteiger charge is -2.30. The van der Waals surface area contributed by atoms with Crippen LogP contribution in [0.15, 0.2) is 53.0 Å². The van der Waals surface area contributed by atoms with Crippen LogP contribution >= 0.6 is 27.5 Å². The number of rotatable bonds is 12. The third kappa shape index (κ3) is 11.7. The molecular weight excluding hydrogens is 609 g/mol. The lowest BCUT2D eigenvalue weighted by molar-refractivity contribution is -0.123. The first kappa shape index (κ1) is 33.6. The number of carbonyl (C=O) groups is 2. The summed E-state index contributed by atoms with van der Waals surface area (Å²) < 4.78 is 13.0. The summed E-state index contributed by atoms with van der Waals surface area (Å²) >= 11 is 9.57. The van der Waals surface area contributed by atoms with Crippen LogP contribution in [0.5, 0.6) is 0 Å². The Hall–Kier alpha value is -1.95. The lowest BCUT2D eigenvalue weighted by atomic mass is 9.73. The van der Waals surface area contributed by atoms with E-state index in [2.05, 4.69) is 45.3 Å². The number of hydrogen-bond donors (Lipinski definition) is 3. The molecule has 2 atom stereocenters. The fourth-order valence-corrected chi connectivity index (χ4v) is 5.48. The predicted molar refractivity (Wildman–Crippen MR) is 167 cm³/mol. The fourth-order valence-electron chi connectivity index (χ4n) is 4.88. The van der Waals surface area contributed by atoms with E-state index in [0.29, 0.717) is 41.1 Å². The number of halogens is 2. The van der Waals surface area contributed by atoms with Gasteiger partial charge in [-0.1, -0.05) is 55.8 Å². The normalized spacial score (nSPS) is 16.7. The molecule has 0 aromatic heterocycles. The van der Waals surface area contributed by atoms with E-state index in [1.165, 1.54) is 0 Å². The van der Waals surface area contributed by atoms with Crippen LogP contribution in [0.25, 0.3) is 0 Å². The highest BCUT2D eigenvalue weighted by molar-refractivity contribution is 9.10. The number of hydrogen-bond acceptors (Lipinski definition) is 6. The van der Waals surface area contributed by atoms with Gasteiger partial charge >= 0.3 is 7.12 Å². The van der Waals surface area contributed by atoms with Gasteiger partial charge in [-0.05, 0) is 71.3 Å². The lowest BCUT2D eigenvalue weighted by Crippen LogP contribution is -2.56. The SMILES string of the molecule is CC(C)C[C@H](NC(=O)[C@H](Cc1ccccc1)NC(=O)c1cc(Cl)ccc1Br)B1OCCCN(CCCO)CCCO1. The van der Waals surface area contributed by atoms with E-state index in [4.69, 9.17) is 20.9 Å². The Morgan fingerprint density at radius 3 is 2.39 bits per heavy atom. The third-order valence-corrected chi connectivity index (χ3v) is 7.82. The Labute approximate surface area is 257 Å². The summed E-state index contributed by atoms with van der Waals surface area (Å²) in [6.45, 7) is 8.00. The summed E-state index contributed by atoms with van der Waals surface area (Å²) in [5.41, 5.74) is 1.28. The number of carbonyl (C=O) groups excluding carboxylic acids is 2. The van der Waals surface area contributed by atoms with Crippen molar-refractivity contribution in [2.24, 2.45) is 5.92 Å². The third-order valence-electron chi connectivity index (χ3n) is 6.89. The summed E-state index contributed by atoms with van der Waals surface area (Å²) in [6, 6.07) is 13.8. The molecule has 3 N–H and O–H groups in total. The highest BCUT2D eigenvalue weighted by Crippen LogP contribution is 2.21. The van der Waals surface area contributed by atoms with Crippen molar-refractivity contribution in [3.8, 4) is 0 Å². The average molecular weight is 651 g/mol. The van der Waals surface area contributed by atoms with Gasteiger partial charge in [-0.3, -0.25) is 9.59 Å². The van der Waals surface area contributed by atoms with Gasteiger partial charge in [-0.2, -0.15) is 0 Å². The van der Waals surface area contributed by atoms with Crippen molar-refractivity contribution in [2.75, 3.05) is 39.5 Å². The molecule has 0 spiro atoms. The number of aliphatic hydroxyl groups is 1. The maximum absolute atomic E-state index is 13.8. The smallest absolute Gasteiger partial charge is 0.410 e. The van der Waals surface area contributed by atoms with E-state index in [-0.39, 0.29) is 24.4 Å². The van der Waals surface area contributed by atoms with Crippen LogP contribution in [0.4, 0.5) is 0 Å². The molecule has 1 aliphatic heterocycles. The molecule has 2 aromatic carbocycles. The minimum Gasteiger partial charge on any atom is -0.410 e. The first-order chi connectivity index (χ1) is 19.8. The van der Waals surface area contributed by atoms with Crippen molar-refractivity contribution in [1.29, 1.82) is 0 Å². The molecular formula is C30H42BBrClN3O5. The zero-order valence-corrected chi connectivity index (χ0v) is 26.3. The molecule has 2 amide bonds. The number of amides is 2. The standard InChI is InChI=1S/C30H42BBrClN3O5/c1-22(2)19-28(31-40-17-7-14-36(13-6-16-37)15-8-18-41-31)35-30(39)27(20-23-9-4-3-5-10-23)34-29(38)25-21-24(33)11-12-26(25)32/h3-5,9-12,21-22,27-28,37H,6-8,13-20H2,1-2H3,(H,34,38)(H,35,39)/t27-,28-/m0/s1. The maximum atomic E-state index is 13.8. The van der Waals surface area contributed by atoms with Gasteiger partial charge in [-0.25, -0.2) is 0 Å². The molecule has 1 saturated heterocycles. The molecule has 11 heteroatoms. The quantitative estimate of drug-likeness (QED) is 0.293. The van der Waals surface area contributed by atoms with E-state index >= 15 is 0 Å². The predicted octanol–water partition coefficient (Wildman–Crippen LogP) is 4.51. The molecule has 0 saturated carbocycles. The van der Waals surface area contributed by atoms with Crippen LogP contribution in [0.2, 0.25) is 5.02 Å². The molecule has 0 radical (unpaired) electrons. The molecule has 1 heterocycles. The number of aliphatic hydroxyl groups excluding tert-OH is 1. The zero-order valence-electron chi connectivity index (χ0n) is 24.0. The molecule has 0 aliphatic carbocycles. The zero-order chi connectivity index (χ0) is 29.6. The number of nitrogens with zero attached hydrogens (tertiary/aromatic N) is 1. The summed E-state index contributed by atoms with van der Waals surface area (Å²) in [4.78, 5) is 29.4. The Bertz CT molecular complexity index is 1090. The molecule has 8 nitrogen and oxygen atoms in total. The van der Waals surface area contributed by atoms with Gasteiger partial charge in [0.25, 0.3) is 5.91 Å². The largest absolute Gasteiger partial charge is 0.480 e. The van der Waals surface area contributed by atoms with Crippen LogP contribution in [0.3, 0.4) is 0 Å². The van der Waals surface area contributed by atoms with Crippen molar-refractivity contribution in [3.63, 3.8) is 0 Å². The Morgan fingerprint density at radius 1 is 1.07 bits per heavy atom. The van der Waals surface area contributed by atoms with Crippen LogP contribution in [-0.4, -0.2) is 80.4 Å². The molecule has 41 heavy (non-hydrogen) atoms. The average Bonchev–Trinajstić information content (AvgIpc) is 2.95. The van der Waals surface area contributed by atoms with Crippen LogP contribution in [0, 0.1) is 5.92 Å². The van der Waals surface area contributed by atoms with E-state index in [0.717, 1.165) is 44.5 Å². The summed E-state index contributed by atoms with van der Waals surface area (Å²) in [5, 5.41) is 15.7. The summed E-state index contributed by atoms with van der Waals surface area (Å²) in [7, 11) is -0.597. The Kier molecular flexibility index (Phi) is 14.6. The molecule has 224 valence electrons. The van der Waals surface area contributed by atoms with Gasteiger partial charge in [0.15, 0.2) is 0 Å². The monoisotopic (exact) mass is 649 g/mol. The van der Waals surface area contributed by atoms with Gasteiger partial charge in [0, 0.05) is 55.4 Å².